The average Bonchev–Trinajstić information content (AvgIpc) is 3.26. The minimum absolute atomic E-state index is 0.000599. The Balaban J connectivity index is 1.55. The maximum Gasteiger partial charge on any atom is 0.342 e. The van der Waals surface area contributed by atoms with Gasteiger partial charge < -0.3 is 32.5 Å². The summed E-state index contributed by atoms with van der Waals surface area (Å²) in [6, 6.07) is 25.1. The number of ether oxygens (including phenoxy) is 5. The number of carbonyl (C=O) groups is 1. The summed E-state index contributed by atoms with van der Waals surface area (Å²) in [6.07, 6.45) is 8.41. The molecule has 0 aromatic heterocycles. The summed E-state index contributed by atoms with van der Waals surface area (Å²) in [5.41, 5.74) is 1.14. The van der Waals surface area contributed by atoms with E-state index in [9.17, 15) is 0 Å². The first-order valence-corrected chi connectivity index (χ1v) is 28.4. The Bertz CT molecular complexity index is 1980. The summed E-state index contributed by atoms with van der Waals surface area (Å²) in [5.74, 6) is 7.53. The fraction of sp³-hybridized carbons (Fsp3) is 0.574. The second-order valence-corrected chi connectivity index (χ2v) is 29.6. The van der Waals surface area contributed by atoms with E-state index in [-0.39, 0.29) is 46.3 Å². The van der Waals surface area contributed by atoms with E-state index in [0.29, 0.717) is 42.9 Å². The van der Waals surface area contributed by atoms with Crippen LogP contribution in [-0.2, 0) is 29.5 Å². The van der Waals surface area contributed by atoms with Crippen molar-refractivity contribution in [2.45, 2.75) is 155 Å². The van der Waals surface area contributed by atoms with Gasteiger partial charge in [0.1, 0.15) is 23.2 Å². The zero-order chi connectivity index (χ0) is 46.7. The van der Waals surface area contributed by atoms with Crippen LogP contribution in [0.25, 0.3) is 0 Å². The lowest BCUT2D eigenvalue weighted by Gasteiger charge is -2.46. The monoisotopic (exact) mass is 911 g/mol. The first-order valence-electron chi connectivity index (χ1n) is 23.6. The van der Waals surface area contributed by atoms with Crippen molar-refractivity contribution < 1.29 is 37.3 Å². The van der Waals surface area contributed by atoms with Gasteiger partial charge in [-0.25, -0.2) is 4.79 Å². The fourth-order valence-corrected chi connectivity index (χ4v) is 15.1. The highest BCUT2D eigenvalue weighted by Crippen LogP contribution is 2.42. The molecule has 0 saturated carbocycles. The molecule has 0 aliphatic carbocycles. The normalized spacial score (nSPS) is 21.9. The number of carbonyl (C=O) groups excluding carboxylic acids is 1. The molecule has 2 heterocycles. The van der Waals surface area contributed by atoms with Crippen LogP contribution in [0.4, 0.5) is 0 Å². The van der Waals surface area contributed by atoms with E-state index in [1.54, 1.807) is 20.3 Å². The van der Waals surface area contributed by atoms with Crippen molar-refractivity contribution in [2.24, 2.45) is 17.8 Å². The summed E-state index contributed by atoms with van der Waals surface area (Å²) in [7, 11) is -2.06. The molecule has 7 atom stereocenters. The van der Waals surface area contributed by atoms with Gasteiger partial charge in [0.2, 0.25) is 0 Å². The van der Waals surface area contributed by atoms with E-state index in [1.807, 2.05) is 6.07 Å². The van der Waals surface area contributed by atoms with Crippen LogP contribution in [0.5, 0.6) is 11.5 Å². The number of esters is 1. The van der Waals surface area contributed by atoms with Gasteiger partial charge >= 0.3 is 5.97 Å². The minimum Gasteiger partial charge on any atom is -0.497 e. The third-order valence-electron chi connectivity index (χ3n) is 13.8. The van der Waals surface area contributed by atoms with Crippen LogP contribution < -0.4 is 19.8 Å². The van der Waals surface area contributed by atoms with E-state index in [0.717, 1.165) is 37.9 Å². The van der Waals surface area contributed by atoms with Crippen molar-refractivity contribution in [2.75, 3.05) is 27.4 Å². The van der Waals surface area contributed by atoms with Gasteiger partial charge in [0.05, 0.1) is 33.0 Å². The molecule has 2 aliphatic heterocycles. The van der Waals surface area contributed by atoms with E-state index in [1.165, 1.54) is 10.4 Å². The topological polar surface area (TPSA) is 81.7 Å². The lowest BCUT2D eigenvalue weighted by Crippen LogP contribution is -2.68. The van der Waals surface area contributed by atoms with Crippen molar-refractivity contribution in [3.05, 3.63) is 96.1 Å². The Morgan fingerprint density at radius 2 is 1.48 bits per heavy atom. The summed E-state index contributed by atoms with van der Waals surface area (Å²) >= 11 is 0. The van der Waals surface area contributed by atoms with Gasteiger partial charge in [0.15, 0.2) is 14.6 Å². The van der Waals surface area contributed by atoms with Crippen LogP contribution in [0.15, 0.2) is 84.9 Å². The highest BCUT2D eigenvalue weighted by molar-refractivity contribution is 6.99. The standard InChI is InChI=1S/C54H78O8Si2/c1-39-26-20-21-32-46(41(3)51(62-63(12,13)53(4,5)6)40(2)27-22-24-34-58-49-33-23-25-35-59-49)60-52(55)50-42(36-43(56-10)38-48(50)57-11)37-47(39)61-64(54(7,8)9,44-28-16-14-17-29-44)45-30-18-15-19-31-45/h14-19,22,24,28-31,36,38-41,46-47,49,51H,23,25-27,32-35,37H2,1-13H3/b24-22-/t39-,40+,41+,46-,47+,49?,51+/m0/s1. The zero-order valence-electron chi connectivity index (χ0n) is 41.3. The average molecular weight is 911 g/mol. The van der Waals surface area contributed by atoms with Gasteiger partial charge in [0, 0.05) is 31.4 Å². The molecule has 1 fully saturated rings. The number of hydrogen-bond donors (Lipinski definition) is 0. The zero-order valence-corrected chi connectivity index (χ0v) is 43.3. The molecular formula is C54H78O8Si2. The Hall–Kier alpha value is -3.70. The Labute approximate surface area is 388 Å². The van der Waals surface area contributed by atoms with E-state index < -0.39 is 28.7 Å². The smallest absolute Gasteiger partial charge is 0.342 e. The van der Waals surface area contributed by atoms with Crippen molar-refractivity contribution in [1.82, 2.24) is 0 Å². The largest absolute Gasteiger partial charge is 0.497 e. The first kappa shape index (κ1) is 51.3. The van der Waals surface area contributed by atoms with Gasteiger partial charge in [-0.15, -0.1) is 5.92 Å². The molecule has 350 valence electrons. The summed E-state index contributed by atoms with van der Waals surface area (Å²) in [4.78, 5) is 15.0. The summed E-state index contributed by atoms with van der Waals surface area (Å²) in [6.45, 7) is 26.1. The summed E-state index contributed by atoms with van der Waals surface area (Å²) in [5, 5.41) is 2.11. The molecule has 0 amide bonds. The number of allylic oxidation sites excluding steroid dienone is 1. The van der Waals surface area contributed by atoms with Gasteiger partial charge in [0.25, 0.3) is 8.32 Å². The number of rotatable bonds is 16. The molecule has 3 aromatic carbocycles. The van der Waals surface area contributed by atoms with Crippen LogP contribution >= 0.6 is 0 Å². The lowest BCUT2D eigenvalue weighted by atomic mass is 9.86. The third-order valence-corrected chi connectivity index (χ3v) is 23.4. The highest BCUT2D eigenvalue weighted by Gasteiger charge is 2.52. The Morgan fingerprint density at radius 3 is 2.05 bits per heavy atom. The molecular weight excluding hydrogens is 833 g/mol. The number of benzene rings is 3. The maximum absolute atomic E-state index is 15.0. The molecule has 5 rings (SSSR count). The quantitative estimate of drug-likeness (QED) is 0.0608. The number of hydrogen-bond acceptors (Lipinski definition) is 8. The van der Waals surface area contributed by atoms with Gasteiger partial charge in [-0.2, -0.15) is 0 Å². The Kier molecular flexibility index (Phi) is 18.2. The van der Waals surface area contributed by atoms with Crippen molar-refractivity contribution in [3.63, 3.8) is 0 Å². The second kappa shape index (κ2) is 22.7. The number of cyclic esters (lactones) is 1. The summed E-state index contributed by atoms with van der Waals surface area (Å²) < 4.78 is 45.5. The molecule has 0 spiro atoms. The van der Waals surface area contributed by atoms with Crippen molar-refractivity contribution in [1.29, 1.82) is 0 Å². The van der Waals surface area contributed by atoms with Gasteiger partial charge in [-0.1, -0.05) is 141 Å². The van der Waals surface area contributed by atoms with Crippen LogP contribution in [-0.4, -0.2) is 74.6 Å². The molecule has 1 unspecified atom stereocenters. The molecule has 0 radical (unpaired) electrons. The number of fused-ring (bicyclic) bond motifs is 1. The molecule has 3 aromatic rings. The maximum atomic E-state index is 15.0. The molecule has 64 heavy (non-hydrogen) atoms. The third kappa shape index (κ3) is 12.6. The predicted molar refractivity (Wildman–Crippen MR) is 265 cm³/mol. The first-order chi connectivity index (χ1) is 30.3. The van der Waals surface area contributed by atoms with E-state index >= 15 is 4.79 Å². The molecule has 0 bridgehead atoms. The minimum atomic E-state index is -3.01. The molecule has 1 saturated heterocycles. The van der Waals surface area contributed by atoms with Crippen LogP contribution in [0.3, 0.4) is 0 Å². The van der Waals surface area contributed by atoms with Gasteiger partial charge in [-0.3, -0.25) is 0 Å². The Morgan fingerprint density at radius 1 is 0.844 bits per heavy atom. The van der Waals surface area contributed by atoms with Gasteiger partial charge in [-0.05, 0) is 89.1 Å². The molecule has 8 nitrogen and oxygen atoms in total. The SMILES string of the molecule is COc1cc2c(c(OC)c1)C(=O)O[C@H]([C@@H](C)[C@H](O[Si](C)(C)C(C)(C)C)[C@H](C)C/C=C\COC1CCCCO1)CC#CC[C@H](C)[C@H](O[Si](c1ccccc1)(c1ccccc1)C(C)(C)C)C2. The number of methoxy groups -OCH3 is 2. The molecule has 2 aliphatic rings. The van der Waals surface area contributed by atoms with Crippen LogP contribution in [0.1, 0.15) is 117 Å². The van der Waals surface area contributed by atoms with Crippen LogP contribution in [0, 0.1) is 29.6 Å². The van der Waals surface area contributed by atoms with E-state index in [4.69, 9.17) is 32.5 Å². The second-order valence-electron chi connectivity index (χ2n) is 20.6. The predicted octanol–water partition coefficient (Wildman–Crippen LogP) is 11.3. The highest BCUT2D eigenvalue weighted by atomic mass is 28.4. The van der Waals surface area contributed by atoms with Crippen molar-refractivity contribution >= 4 is 33.0 Å². The van der Waals surface area contributed by atoms with Crippen LogP contribution in [0.2, 0.25) is 23.2 Å². The van der Waals surface area contributed by atoms with E-state index in [2.05, 4.69) is 160 Å². The van der Waals surface area contributed by atoms with Crippen molar-refractivity contribution in [3.8, 4) is 23.3 Å². The molecule has 0 N–H and O–H groups in total. The lowest BCUT2D eigenvalue weighted by molar-refractivity contribution is -0.155. The fourth-order valence-electron chi connectivity index (χ4n) is 8.87. The molecule has 10 heteroatoms.